The number of ether oxygens (including phenoxy) is 1. The minimum absolute atomic E-state index is 0.0806. The minimum atomic E-state index is -1.16. The number of nitrogens with zero attached hydrogens (tertiary/aromatic N) is 2. The Hall–Kier alpha value is -1.87. The van der Waals surface area contributed by atoms with Gasteiger partial charge in [0.05, 0.1) is 0 Å². The minimum Gasteiger partial charge on any atom is -0.480 e. The lowest BCUT2D eigenvalue weighted by Crippen LogP contribution is -2.06. The molecule has 0 atom stereocenters. The van der Waals surface area contributed by atoms with E-state index in [9.17, 15) is 13.6 Å². The van der Waals surface area contributed by atoms with Gasteiger partial charge in [-0.05, 0) is 12.1 Å². The Morgan fingerprint density at radius 1 is 1.35 bits per heavy atom. The second-order valence-electron chi connectivity index (χ2n) is 3.63. The van der Waals surface area contributed by atoms with Crippen molar-refractivity contribution in [3.63, 3.8) is 0 Å². The van der Waals surface area contributed by atoms with E-state index in [2.05, 4.69) is 26.1 Å². The molecule has 0 spiro atoms. The van der Waals surface area contributed by atoms with Gasteiger partial charge in [-0.3, -0.25) is 0 Å². The number of hydrogen-bond donors (Lipinski definition) is 1. The van der Waals surface area contributed by atoms with Crippen LogP contribution in [-0.2, 0) is 16.1 Å². The van der Waals surface area contributed by atoms with E-state index < -0.39 is 29.8 Å². The van der Waals surface area contributed by atoms with Gasteiger partial charge in [-0.25, -0.2) is 13.6 Å². The van der Waals surface area contributed by atoms with Gasteiger partial charge in [0.25, 0.3) is 5.89 Å². The first-order chi connectivity index (χ1) is 9.47. The third-order valence-corrected chi connectivity index (χ3v) is 2.60. The third kappa shape index (κ3) is 3.36. The van der Waals surface area contributed by atoms with Crippen LogP contribution < -0.4 is 0 Å². The highest BCUT2D eigenvalue weighted by molar-refractivity contribution is 9.10. The Bertz CT molecular complexity index is 624. The van der Waals surface area contributed by atoms with Crippen LogP contribution >= 0.6 is 15.9 Å². The summed E-state index contributed by atoms with van der Waals surface area (Å²) >= 11 is 2.95. The maximum Gasteiger partial charge on any atom is 0.329 e. The van der Waals surface area contributed by atoms with Crippen molar-refractivity contribution in [1.29, 1.82) is 0 Å². The molecule has 0 aliphatic carbocycles. The van der Waals surface area contributed by atoms with Crippen LogP contribution in [0.1, 0.15) is 5.89 Å². The number of benzene rings is 1. The van der Waals surface area contributed by atoms with Crippen molar-refractivity contribution in [1.82, 2.24) is 10.2 Å². The average Bonchev–Trinajstić information content (AvgIpc) is 2.75. The van der Waals surface area contributed by atoms with Crippen LogP contribution in [0.2, 0.25) is 0 Å². The first-order valence-electron chi connectivity index (χ1n) is 5.24. The van der Waals surface area contributed by atoms with Crippen molar-refractivity contribution < 1.29 is 27.8 Å². The summed E-state index contributed by atoms with van der Waals surface area (Å²) in [4.78, 5) is 10.2. The summed E-state index contributed by atoms with van der Waals surface area (Å²) < 4.78 is 37.3. The van der Waals surface area contributed by atoms with E-state index in [-0.39, 0.29) is 22.9 Å². The van der Waals surface area contributed by atoms with Crippen LogP contribution in [0.5, 0.6) is 0 Å². The number of carboxylic acids is 1. The summed E-state index contributed by atoms with van der Waals surface area (Å²) in [7, 11) is 0. The Morgan fingerprint density at radius 2 is 2.00 bits per heavy atom. The van der Waals surface area contributed by atoms with Crippen molar-refractivity contribution in [2.24, 2.45) is 0 Å². The fourth-order valence-electron chi connectivity index (χ4n) is 1.39. The number of rotatable bonds is 5. The third-order valence-electron chi connectivity index (χ3n) is 2.14. The number of hydrogen-bond acceptors (Lipinski definition) is 5. The van der Waals surface area contributed by atoms with E-state index in [0.29, 0.717) is 0 Å². The molecule has 0 aliphatic rings. The van der Waals surface area contributed by atoms with Gasteiger partial charge in [-0.1, -0.05) is 15.9 Å². The normalized spacial score (nSPS) is 10.8. The van der Waals surface area contributed by atoms with Crippen LogP contribution in [0.4, 0.5) is 8.78 Å². The Kier molecular flexibility index (Phi) is 4.40. The molecule has 1 N–H and O–H groups in total. The molecule has 6 nitrogen and oxygen atoms in total. The zero-order chi connectivity index (χ0) is 14.7. The zero-order valence-electron chi connectivity index (χ0n) is 9.77. The molecule has 1 aromatic heterocycles. The van der Waals surface area contributed by atoms with Gasteiger partial charge in [-0.15, -0.1) is 10.2 Å². The van der Waals surface area contributed by atoms with Crippen molar-refractivity contribution >= 4 is 21.9 Å². The molecule has 1 aromatic carbocycles. The van der Waals surface area contributed by atoms with Crippen LogP contribution in [0, 0.1) is 11.6 Å². The Morgan fingerprint density at radius 3 is 2.60 bits per heavy atom. The maximum absolute atomic E-state index is 13.7. The predicted octanol–water partition coefficient (Wildman–Crippen LogP) is 2.38. The topological polar surface area (TPSA) is 85.5 Å². The average molecular weight is 349 g/mol. The highest BCUT2D eigenvalue weighted by Crippen LogP contribution is 2.28. The molecule has 0 saturated heterocycles. The molecular formula is C11H7BrF2N2O4. The van der Waals surface area contributed by atoms with Crippen molar-refractivity contribution in [3.8, 4) is 11.5 Å². The van der Waals surface area contributed by atoms with Gasteiger partial charge >= 0.3 is 5.97 Å². The zero-order valence-corrected chi connectivity index (χ0v) is 11.4. The molecule has 0 aliphatic heterocycles. The number of carboxylic acid groups (broad SMARTS) is 1. The standard InChI is InChI=1S/C11H7BrF2N2O4/c12-5-1-6(13)10(7(14)2-5)11-16-15-8(20-11)3-19-4-9(17)18/h1-2H,3-4H2,(H,17,18). The predicted molar refractivity (Wildman–Crippen MR) is 64.6 cm³/mol. The maximum atomic E-state index is 13.7. The summed E-state index contributed by atoms with van der Waals surface area (Å²) in [6.45, 7) is -0.808. The van der Waals surface area contributed by atoms with E-state index in [0.717, 1.165) is 12.1 Å². The second kappa shape index (κ2) is 6.06. The molecule has 0 radical (unpaired) electrons. The summed E-state index contributed by atoms with van der Waals surface area (Å²) in [5, 5.41) is 15.4. The molecule has 0 unspecified atom stereocenters. The summed E-state index contributed by atoms with van der Waals surface area (Å²) in [5.41, 5.74) is -0.454. The quantitative estimate of drug-likeness (QED) is 0.892. The Balaban J connectivity index is 2.19. The van der Waals surface area contributed by atoms with E-state index in [4.69, 9.17) is 14.3 Å². The largest absolute Gasteiger partial charge is 0.480 e. The molecule has 106 valence electrons. The number of halogens is 3. The SMILES string of the molecule is O=C(O)COCc1nnc(-c2c(F)cc(Br)cc2F)o1. The smallest absolute Gasteiger partial charge is 0.329 e. The lowest BCUT2D eigenvalue weighted by atomic mass is 10.2. The van der Waals surface area contributed by atoms with Crippen LogP contribution in [0.15, 0.2) is 21.0 Å². The lowest BCUT2D eigenvalue weighted by Gasteiger charge is -2.00. The van der Waals surface area contributed by atoms with E-state index >= 15 is 0 Å². The fourth-order valence-corrected chi connectivity index (χ4v) is 1.79. The molecule has 1 heterocycles. The monoisotopic (exact) mass is 348 g/mol. The number of aliphatic carboxylic acids is 1. The molecule has 20 heavy (non-hydrogen) atoms. The molecule has 2 rings (SSSR count). The summed E-state index contributed by atoms with van der Waals surface area (Å²) in [6, 6.07) is 2.12. The van der Waals surface area contributed by atoms with Gasteiger partial charge in [-0.2, -0.15) is 0 Å². The van der Waals surface area contributed by atoms with Crippen LogP contribution in [0.25, 0.3) is 11.5 Å². The fraction of sp³-hybridized carbons (Fsp3) is 0.182. The lowest BCUT2D eigenvalue weighted by molar-refractivity contribution is -0.142. The number of carbonyl (C=O) groups is 1. The van der Waals surface area contributed by atoms with E-state index in [1.54, 1.807) is 0 Å². The van der Waals surface area contributed by atoms with Crippen molar-refractivity contribution in [2.45, 2.75) is 6.61 Å². The summed E-state index contributed by atoms with van der Waals surface area (Å²) in [5.74, 6) is -3.31. The molecule has 0 bridgehead atoms. The number of aromatic nitrogens is 2. The second-order valence-corrected chi connectivity index (χ2v) is 4.55. The first kappa shape index (κ1) is 14.5. The van der Waals surface area contributed by atoms with Crippen molar-refractivity contribution in [3.05, 3.63) is 34.1 Å². The Labute approximate surface area is 119 Å². The van der Waals surface area contributed by atoms with Crippen molar-refractivity contribution in [2.75, 3.05) is 6.61 Å². The molecule has 0 saturated carbocycles. The van der Waals surface area contributed by atoms with Gasteiger partial charge < -0.3 is 14.3 Å². The molecule has 0 fully saturated rings. The van der Waals surface area contributed by atoms with E-state index in [1.807, 2.05) is 0 Å². The van der Waals surface area contributed by atoms with Gasteiger partial charge in [0, 0.05) is 4.47 Å². The van der Waals surface area contributed by atoms with E-state index in [1.165, 1.54) is 0 Å². The van der Waals surface area contributed by atoms with Crippen LogP contribution in [0.3, 0.4) is 0 Å². The highest BCUT2D eigenvalue weighted by Gasteiger charge is 2.19. The molecule has 2 aromatic rings. The van der Waals surface area contributed by atoms with Gasteiger partial charge in [0.1, 0.15) is 30.4 Å². The molecular weight excluding hydrogens is 342 g/mol. The molecule has 9 heteroatoms. The summed E-state index contributed by atoms with van der Waals surface area (Å²) in [6.07, 6.45) is 0. The van der Waals surface area contributed by atoms with Gasteiger partial charge in [0.15, 0.2) is 0 Å². The first-order valence-corrected chi connectivity index (χ1v) is 6.03. The highest BCUT2D eigenvalue weighted by atomic mass is 79.9. The van der Waals surface area contributed by atoms with Gasteiger partial charge in [0.2, 0.25) is 5.89 Å². The van der Waals surface area contributed by atoms with Crippen LogP contribution in [-0.4, -0.2) is 27.9 Å². The molecule has 0 amide bonds.